The first-order valence-corrected chi connectivity index (χ1v) is 10.7. The Bertz CT molecular complexity index is 1060. The van der Waals surface area contributed by atoms with E-state index in [9.17, 15) is 15.0 Å². The number of nitrogens with one attached hydrogen (secondary N) is 1. The van der Waals surface area contributed by atoms with Crippen molar-refractivity contribution in [2.24, 2.45) is 0 Å². The van der Waals surface area contributed by atoms with E-state index in [4.69, 9.17) is 4.74 Å². The van der Waals surface area contributed by atoms with E-state index < -0.39 is 23.7 Å². The molecule has 158 valence electrons. The number of rotatable bonds is 4. The van der Waals surface area contributed by atoms with Gasteiger partial charge in [-0.15, -0.1) is 0 Å². The Morgan fingerprint density at radius 1 is 0.935 bits per heavy atom. The molecule has 5 nitrogen and oxygen atoms in total. The summed E-state index contributed by atoms with van der Waals surface area (Å²) in [6.07, 6.45) is 1.37. The zero-order valence-electron chi connectivity index (χ0n) is 17.1. The Morgan fingerprint density at radius 2 is 1.58 bits per heavy atom. The van der Waals surface area contributed by atoms with Crippen molar-refractivity contribution in [2.75, 3.05) is 6.61 Å². The molecule has 0 saturated carbocycles. The van der Waals surface area contributed by atoms with E-state index in [0.29, 0.717) is 24.2 Å². The van der Waals surface area contributed by atoms with Crippen LogP contribution in [0.25, 0.3) is 0 Å². The van der Waals surface area contributed by atoms with Crippen molar-refractivity contribution in [3.8, 4) is 5.75 Å². The standard InChI is InChI=1S/C26H25NO4/c28-24-21-16-23-18(13-14-31-23)15-17(21)11-12-22(24)27-25(29)26(30,19-7-3-1-4-8-19)20-9-5-2-6-10-20/h1-10,15-16,22,24,28,30H,11-14H2,(H,27,29)/t22-,24-/m1/s1. The van der Waals surface area contributed by atoms with Gasteiger partial charge >= 0.3 is 0 Å². The lowest BCUT2D eigenvalue weighted by Crippen LogP contribution is -2.51. The number of amides is 1. The summed E-state index contributed by atoms with van der Waals surface area (Å²) < 4.78 is 5.66. The highest BCUT2D eigenvalue weighted by Crippen LogP contribution is 2.38. The Hall–Kier alpha value is -3.15. The average molecular weight is 415 g/mol. The van der Waals surface area contributed by atoms with Crippen molar-refractivity contribution < 1.29 is 19.7 Å². The van der Waals surface area contributed by atoms with Gasteiger partial charge < -0.3 is 20.3 Å². The third-order valence-electron chi connectivity index (χ3n) is 6.40. The van der Waals surface area contributed by atoms with Crippen molar-refractivity contribution >= 4 is 5.91 Å². The maximum atomic E-state index is 13.5. The molecule has 5 rings (SSSR count). The molecule has 1 heterocycles. The molecule has 3 N–H and O–H groups in total. The van der Waals surface area contributed by atoms with E-state index in [1.54, 1.807) is 48.5 Å². The van der Waals surface area contributed by atoms with Gasteiger partial charge in [0.05, 0.1) is 18.8 Å². The predicted molar refractivity (Wildman–Crippen MR) is 117 cm³/mol. The van der Waals surface area contributed by atoms with Gasteiger partial charge in [-0.3, -0.25) is 4.79 Å². The first-order valence-electron chi connectivity index (χ1n) is 10.7. The van der Waals surface area contributed by atoms with Crippen LogP contribution >= 0.6 is 0 Å². The largest absolute Gasteiger partial charge is 0.493 e. The zero-order valence-corrected chi connectivity index (χ0v) is 17.1. The fraction of sp³-hybridized carbons (Fsp3) is 0.269. The summed E-state index contributed by atoms with van der Waals surface area (Å²) in [6, 6.07) is 21.3. The quantitative estimate of drug-likeness (QED) is 0.612. The molecule has 1 aliphatic carbocycles. The minimum atomic E-state index is -1.86. The monoisotopic (exact) mass is 415 g/mol. The van der Waals surface area contributed by atoms with Gasteiger partial charge in [-0.25, -0.2) is 0 Å². The van der Waals surface area contributed by atoms with Crippen LogP contribution in [-0.2, 0) is 23.2 Å². The third-order valence-corrected chi connectivity index (χ3v) is 6.40. The van der Waals surface area contributed by atoms with Gasteiger partial charge in [-0.2, -0.15) is 0 Å². The summed E-state index contributed by atoms with van der Waals surface area (Å²) in [5.41, 5.74) is 2.18. The van der Waals surface area contributed by atoms with Crippen molar-refractivity contribution in [3.05, 3.63) is 101 Å². The molecule has 1 amide bonds. The van der Waals surface area contributed by atoms with Gasteiger partial charge in [0.25, 0.3) is 5.91 Å². The van der Waals surface area contributed by atoms with E-state index in [1.807, 2.05) is 18.2 Å². The van der Waals surface area contributed by atoms with E-state index in [-0.39, 0.29) is 0 Å². The number of aryl methyl sites for hydroxylation is 1. The van der Waals surface area contributed by atoms with Crippen LogP contribution in [0, 0.1) is 0 Å². The highest BCUT2D eigenvalue weighted by Gasteiger charge is 2.42. The van der Waals surface area contributed by atoms with E-state index >= 15 is 0 Å². The van der Waals surface area contributed by atoms with E-state index in [1.165, 1.54) is 5.56 Å². The molecule has 3 aromatic rings. The Labute approximate surface area is 181 Å². The zero-order chi connectivity index (χ0) is 21.4. The van der Waals surface area contributed by atoms with Gasteiger partial charge in [0.15, 0.2) is 5.60 Å². The summed E-state index contributed by atoms with van der Waals surface area (Å²) in [4.78, 5) is 13.5. The lowest BCUT2D eigenvalue weighted by atomic mass is 9.82. The molecule has 5 heteroatoms. The van der Waals surface area contributed by atoms with Crippen molar-refractivity contribution in [2.45, 2.75) is 37.0 Å². The lowest BCUT2D eigenvalue weighted by Gasteiger charge is -2.35. The molecule has 0 saturated heterocycles. The maximum absolute atomic E-state index is 13.5. The molecular formula is C26H25NO4. The topological polar surface area (TPSA) is 78.8 Å². The van der Waals surface area contributed by atoms with E-state index in [2.05, 4.69) is 11.4 Å². The predicted octanol–water partition coefficient (Wildman–Crippen LogP) is 3.02. The fourth-order valence-corrected chi connectivity index (χ4v) is 4.68. The molecule has 31 heavy (non-hydrogen) atoms. The maximum Gasteiger partial charge on any atom is 0.261 e. The smallest absolute Gasteiger partial charge is 0.261 e. The van der Waals surface area contributed by atoms with Crippen LogP contribution in [-0.4, -0.2) is 28.8 Å². The number of hydrogen-bond donors (Lipinski definition) is 3. The van der Waals surface area contributed by atoms with Crippen molar-refractivity contribution in [1.82, 2.24) is 5.32 Å². The number of carbonyl (C=O) groups is 1. The fourth-order valence-electron chi connectivity index (χ4n) is 4.68. The van der Waals surface area contributed by atoms with Crippen LogP contribution < -0.4 is 10.1 Å². The van der Waals surface area contributed by atoms with Crippen LogP contribution in [0.5, 0.6) is 5.75 Å². The summed E-state index contributed by atoms with van der Waals surface area (Å²) in [7, 11) is 0. The molecule has 0 bridgehead atoms. The number of hydrogen-bond acceptors (Lipinski definition) is 4. The van der Waals surface area contributed by atoms with Crippen LogP contribution in [0.1, 0.15) is 40.3 Å². The summed E-state index contributed by atoms with van der Waals surface area (Å²) in [5, 5.41) is 25.6. The Balaban J connectivity index is 1.45. The molecule has 0 spiro atoms. The molecule has 2 atom stereocenters. The van der Waals surface area contributed by atoms with Gasteiger partial charge in [0, 0.05) is 6.42 Å². The second-order valence-corrected chi connectivity index (χ2v) is 8.26. The normalized spacial score (nSPS) is 19.8. The minimum Gasteiger partial charge on any atom is -0.493 e. The number of ether oxygens (including phenoxy) is 1. The Morgan fingerprint density at radius 3 is 2.23 bits per heavy atom. The lowest BCUT2D eigenvalue weighted by molar-refractivity contribution is -0.138. The number of carbonyl (C=O) groups excluding carboxylic acids is 1. The van der Waals surface area contributed by atoms with Gasteiger partial charge in [0.1, 0.15) is 5.75 Å². The van der Waals surface area contributed by atoms with Gasteiger partial charge in [0.2, 0.25) is 0 Å². The molecule has 0 aromatic heterocycles. The highest BCUT2D eigenvalue weighted by atomic mass is 16.5. The highest BCUT2D eigenvalue weighted by molar-refractivity contribution is 5.90. The third kappa shape index (κ3) is 3.40. The summed E-state index contributed by atoms with van der Waals surface area (Å²) >= 11 is 0. The van der Waals surface area contributed by atoms with Crippen LogP contribution in [0.15, 0.2) is 72.8 Å². The summed E-state index contributed by atoms with van der Waals surface area (Å²) in [5.74, 6) is 0.268. The van der Waals surface area contributed by atoms with E-state index in [0.717, 1.165) is 29.7 Å². The van der Waals surface area contributed by atoms with Crippen LogP contribution in [0.3, 0.4) is 0 Å². The number of aliphatic hydroxyl groups is 2. The first-order chi connectivity index (χ1) is 15.1. The molecular weight excluding hydrogens is 390 g/mol. The van der Waals surface area contributed by atoms with Crippen molar-refractivity contribution in [1.29, 1.82) is 0 Å². The molecule has 0 unspecified atom stereocenters. The average Bonchev–Trinajstić information content (AvgIpc) is 3.28. The molecule has 2 aliphatic rings. The molecule has 0 radical (unpaired) electrons. The van der Waals surface area contributed by atoms with Crippen molar-refractivity contribution in [3.63, 3.8) is 0 Å². The number of fused-ring (bicyclic) bond motifs is 2. The summed E-state index contributed by atoms with van der Waals surface area (Å²) in [6.45, 7) is 0.662. The molecule has 1 aliphatic heterocycles. The number of aliphatic hydroxyl groups excluding tert-OH is 1. The second kappa shape index (κ2) is 7.84. The Kier molecular flexibility index (Phi) is 5.00. The SMILES string of the molecule is O=C(N[C@@H]1CCc2cc3c(cc2[C@H]1O)OCC3)C(O)(c1ccccc1)c1ccccc1. The molecule has 3 aromatic carbocycles. The number of benzene rings is 3. The van der Waals surface area contributed by atoms with Gasteiger partial charge in [-0.1, -0.05) is 66.7 Å². The second-order valence-electron chi connectivity index (χ2n) is 8.26. The first kappa shape index (κ1) is 19.8. The van der Waals surface area contributed by atoms with Crippen LogP contribution in [0.4, 0.5) is 0 Å². The minimum absolute atomic E-state index is 0.482. The van der Waals surface area contributed by atoms with Gasteiger partial charge in [-0.05, 0) is 46.7 Å². The molecule has 0 fully saturated rings. The van der Waals surface area contributed by atoms with Crippen LogP contribution in [0.2, 0.25) is 0 Å².